The van der Waals surface area contributed by atoms with Gasteiger partial charge < -0.3 is 10.6 Å². The van der Waals surface area contributed by atoms with Crippen LogP contribution in [0.4, 0.5) is 0 Å². The summed E-state index contributed by atoms with van der Waals surface area (Å²) < 4.78 is 0. The lowest BCUT2D eigenvalue weighted by Gasteiger charge is -2.27. The second kappa shape index (κ2) is 5.96. The average Bonchev–Trinajstić information content (AvgIpc) is 2.89. The van der Waals surface area contributed by atoms with Gasteiger partial charge in [0, 0.05) is 18.9 Å². The van der Waals surface area contributed by atoms with Crippen molar-refractivity contribution in [2.45, 2.75) is 37.6 Å². The lowest BCUT2D eigenvalue weighted by molar-refractivity contribution is -0.126. The lowest BCUT2D eigenvalue weighted by Crippen LogP contribution is -2.52. The molecule has 0 saturated carbocycles. The highest BCUT2D eigenvalue weighted by Gasteiger charge is 2.39. The molecule has 0 aromatic carbocycles. The minimum Gasteiger partial charge on any atom is -0.358 e. The summed E-state index contributed by atoms with van der Waals surface area (Å²) in [7, 11) is 1.71. The van der Waals surface area contributed by atoms with E-state index >= 15 is 0 Å². The molecule has 2 N–H and O–H groups in total. The van der Waals surface area contributed by atoms with E-state index in [-0.39, 0.29) is 11.4 Å². The van der Waals surface area contributed by atoms with Crippen LogP contribution >= 0.6 is 0 Å². The summed E-state index contributed by atoms with van der Waals surface area (Å²) in [5.74, 6) is 0.126. The van der Waals surface area contributed by atoms with Gasteiger partial charge >= 0.3 is 0 Å². The molecule has 1 aromatic heterocycles. The van der Waals surface area contributed by atoms with Crippen molar-refractivity contribution in [3.63, 3.8) is 0 Å². The first-order valence-corrected chi connectivity index (χ1v) is 6.64. The number of rotatable bonds is 5. The number of amides is 1. The quantitative estimate of drug-likeness (QED) is 0.824. The Balaban J connectivity index is 1.89. The predicted molar refractivity (Wildman–Crippen MR) is 71.2 cm³/mol. The van der Waals surface area contributed by atoms with Crippen molar-refractivity contribution < 1.29 is 4.79 Å². The van der Waals surface area contributed by atoms with Gasteiger partial charge in [-0.1, -0.05) is 6.07 Å². The van der Waals surface area contributed by atoms with Gasteiger partial charge in [-0.3, -0.25) is 9.78 Å². The van der Waals surface area contributed by atoms with Crippen molar-refractivity contribution in [2.75, 3.05) is 13.6 Å². The molecule has 4 heteroatoms. The molecule has 18 heavy (non-hydrogen) atoms. The largest absolute Gasteiger partial charge is 0.358 e. The number of nitrogens with one attached hydrogen (secondary N) is 2. The van der Waals surface area contributed by atoms with E-state index in [1.165, 1.54) is 0 Å². The van der Waals surface area contributed by atoms with Crippen LogP contribution in [0.3, 0.4) is 0 Å². The Labute approximate surface area is 108 Å². The Morgan fingerprint density at radius 3 is 3.06 bits per heavy atom. The monoisotopic (exact) mass is 247 g/mol. The van der Waals surface area contributed by atoms with Crippen LogP contribution in [-0.2, 0) is 11.2 Å². The highest BCUT2D eigenvalue weighted by Crippen LogP contribution is 2.25. The maximum Gasteiger partial charge on any atom is 0.240 e. The molecule has 1 amide bonds. The molecule has 1 aliphatic rings. The summed E-state index contributed by atoms with van der Waals surface area (Å²) in [5, 5.41) is 6.15. The van der Waals surface area contributed by atoms with Crippen molar-refractivity contribution in [1.82, 2.24) is 15.6 Å². The van der Waals surface area contributed by atoms with Gasteiger partial charge in [0.15, 0.2) is 0 Å². The maximum absolute atomic E-state index is 12.0. The Morgan fingerprint density at radius 2 is 2.44 bits per heavy atom. The minimum atomic E-state index is -0.344. The average molecular weight is 247 g/mol. The van der Waals surface area contributed by atoms with Crippen molar-refractivity contribution in [3.8, 4) is 0 Å². The number of carbonyl (C=O) groups excluding carboxylic acids is 1. The van der Waals surface area contributed by atoms with Crippen LogP contribution in [0, 0.1) is 0 Å². The fraction of sp³-hybridized carbons (Fsp3) is 0.571. The third-order valence-electron chi connectivity index (χ3n) is 3.67. The summed E-state index contributed by atoms with van der Waals surface area (Å²) in [6.45, 7) is 0.941. The van der Waals surface area contributed by atoms with E-state index in [4.69, 9.17) is 0 Å². The zero-order chi connectivity index (χ0) is 12.8. The molecule has 1 aromatic rings. The SMILES string of the molecule is CNC(=O)[C@]1(CCCc2ccccn2)CCCN1. The first-order valence-electron chi connectivity index (χ1n) is 6.64. The molecule has 1 saturated heterocycles. The molecule has 2 rings (SSSR count). The normalized spacial score (nSPS) is 22.9. The first kappa shape index (κ1) is 13.0. The third kappa shape index (κ3) is 2.88. The Hall–Kier alpha value is -1.42. The maximum atomic E-state index is 12.0. The van der Waals surface area contributed by atoms with Crippen molar-refractivity contribution in [3.05, 3.63) is 30.1 Å². The summed E-state index contributed by atoms with van der Waals surface area (Å²) in [5.41, 5.74) is 0.756. The molecular weight excluding hydrogens is 226 g/mol. The molecular formula is C14H21N3O. The van der Waals surface area contributed by atoms with Gasteiger partial charge in [0.05, 0.1) is 5.54 Å². The van der Waals surface area contributed by atoms with Crippen LogP contribution in [0.2, 0.25) is 0 Å². The summed E-state index contributed by atoms with van der Waals surface area (Å²) in [4.78, 5) is 16.3. The zero-order valence-electron chi connectivity index (χ0n) is 10.9. The summed E-state index contributed by atoms with van der Waals surface area (Å²) in [6.07, 6.45) is 6.63. The molecule has 0 unspecified atom stereocenters. The highest BCUT2D eigenvalue weighted by atomic mass is 16.2. The molecule has 0 spiro atoms. The standard InChI is InChI=1S/C14H21N3O/c1-15-13(18)14(9-5-11-17-14)8-4-7-12-6-2-3-10-16-12/h2-3,6,10,17H,4-5,7-9,11H2,1H3,(H,15,18)/t14-/m0/s1. The van der Waals surface area contributed by atoms with E-state index in [1.807, 2.05) is 24.4 Å². The second-order valence-corrected chi connectivity index (χ2v) is 4.87. The van der Waals surface area contributed by atoms with Gasteiger partial charge in [0.25, 0.3) is 0 Å². The number of likely N-dealkylation sites (N-methyl/N-ethyl adjacent to an activating group) is 1. The smallest absolute Gasteiger partial charge is 0.240 e. The van der Waals surface area contributed by atoms with Crippen LogP contribution in [-0.4, -0.2) is 30.0 Å². The number of nitrogens with zero attached hydrogens (tertiary/aromatic N) is 1. The fourth-order valence-corrected chi connectivity index (χ4v) is 2.68. The Bertz CT molecular complexity index is 385. The molecule has 0 bridgehead atoms. The predicted octanol–water partition coefficient (Wildman–Crippen LogP) is 1.27. The molecule has 2 heterocycles. The van der Waals surface area contributed by atoms with Gasteiger partial charge in [0.2, 0.25) is 5.91 Å². The van der Waals surface area contributed by atoms with Crippen LogP contribution in [0.1, 0.15) is 31.4 Å². The van der Waals surface area contributed by atoms with Crippen molar-refractivity contribution in [1.29, 1.82) is 0 Å². The van der Waals surface area contributed by atoms with Crippen molar-refractivity contribution >= 4 is 5.91 Å². The Morgan fingerprint density at radius 1 is 1.56 bits per heavy atom. The molecule has 1 atom stereocenters. The third-order valence-corrected chi connectivity index (χ3v) is 3.67. The topological polar surface area (TPSA) is 54.0 Å². The van der Waals surface area contributed by atoms with Gasteiger partial charge in [0.1, 0.15) is 0 Å². The van der Waals surface area contributed by atoms with Crippen LogP contribution < -0.4 is 10.6 Å². The minimum absolute atomic E-state index is 0.126. The van der Waals surface area contributed by atoms with Crippen LogP contribution in [0.15, 0.2) is 24.4 Å². The van der Waals surface area contributed by atoms with E-state index in [9.17, 15) is 4.79 Å². The van der Waals surface area contributed by atoms with Gasteiger partial charge in [-0.15, -0.1) is 0 Å². The van der Waals surface area contributed by atoms with E-state index in [0.29, 0.717) is 0 Å². The first-order chi connectivity index (χ1) is 8.77. The van der Waals surface area contributed by atoms with Gasteiger partial charge in [-0.25, -0.2) is 0 Å². The van der Waals surface area contributed by atoms with Gasteiger partial charge in [-0.2, -0.15) is 0 Å². The number of hydrogen-bond acceptors (Lipinski definition) is 3. The van der Waals surface area contributed by atoms with Crippen LogP contribution in [0.25, 0.3) is 0 Å². The molecule has 1 aliphatic heterocycles. The summed E-state index contributed by atoms with van der Waals surface area (Å²) >= 11 is 0. The highest BCUT2D eigenvalue weighted by molar-refractivity contribution is 5.86. The van der Waals surface area contributed by atoms with E-state index in [0.717, 1.165) is 44.3 Å². The number of hydrogen-bond donors (Lipinski definition) is 2. The Kier molecular flexibility index (Phi) is 4.31. The number of aromatic nitrogens is 1. The van der Waals surface area contributed by atoms with Gasteiger partial charge in [-0.05, 0) is 50.8 Å². The van der Waals surface area contributed by atoms with Crippen LogP contribution in [0.5, 0.6) is 0 Å². The molecule has 98 valence electrons. The molecule has 0 aliphatic carbocycles. The number of pyridine rings is 1. The van der Waals surface area contributed by atoms with E-state index in [1.54, 1.807) is 7.05 Å². The number of aryl methyl sites for hydroxylation is 1. The summed E-state index contributed by atoms with van der Waals surface area (Å²) in [6, 6.07) is 5.97. The van der Waals surface area contributed by atoms with Crippen molar-refractivity contribution in [2.24, 2.45) is 0 Å². The lowest BCUT2D eigenvalue weighted by atomic mass is 9.89. The second-order valence-electron chi connectivity index (χ2n) is 4.87. The number of carbonyl (C=O) groups is 1. The fourth-order valence-electron chi connectivity index (χ4n) is 2.68. The molecule has 4 nitrogen and oxygen atoms in total. The zero-order valence-corrected chi connectivity index (χ0v) is 10.9. The molecule has 1 fully saturated rings. The van der Waals surface area contributed by atoms with E-state index in [2.05, 4.69) is 15.6 Å². The molecule has 0 radical (unpaired) electrons. The van der Waals surface area contributed by atoms with E-state index < -0.39 is 0 Å².